The van der Waals surface area contributed by atoms with Crippen molar-refractivity contribution in [2.75, 3.05) is 6.61 Å². The molecule has 1 heterocycles. The predicted molar refractivity (Wildman–Crippen MR) is 57.0 cm³/mol. The Labute approximate surface area is 83.6 Å². The van der Waals surface area contributed by atoms with Gasteiger partial charge >= 0.3 is 0 Å². The second-order valence-corrected chi connectivity index (χ2v) is 4.38. The lowest BCUT2D eigenvalue weighted by Crippen LogP contribution is -2.28. The van der Waals surface area contributed by atoms with Gasteiger partial charge in [-0.3, -0.25) is 0 Å². The van der Waals surface area contributed by atoms with E-state index in [-0.39, 0.29) is 6.61 Å². The maximum absolute atomic E-state index is 8.91. The monoisotopic (exact) mass is 199 g/mol. The maximum atomic E-state index is 8.91. The molecule has 1 aromatic rings. The Kier molecular flexibility index (Phi) is 4.42. The molecule has 74 valence electrons. The van der Waals surface area contributed by atoms with Crippen molar-refractivity contribution in [3.63, 3.8) is 0 Å². The summed E-state index contributed by atoms with van der Waals surface area (Å²) in [4.78, 5) is 1.31. The van der Waals surface area contributed by atoms with E-state index < -0.39 is 0 Å². The fourth-order valence-corrected chi connectivity index (χ4v) is 2.15. The van der Waals surface area contributed by atoms with Crippen LogP contribution in [-0.4, -0.2) is 17.8 Å². The molecule has 0 aromatic carbocycles. The summed E-state index contributed by atoms with van der Waals surface area (Å²) in [6.45, 7) is 4.48. The Balaban J connectivity index is 2.57. The topological polar surface area (TPSA) is 32.3 Å². The lowest BCUT2D eigenvalue weighted by Gasteiger charge is -2.18. The van der Waals surface area contributed by atoms with Gasteiger partial charge in [-0.15, -0.1) is 11.3 Å². The average molecular weight is 199 g/mol. The summed E-state index contributed by atoms with van der Waals surface area (Å²) < 4.78 is 0. The lowest BCUT2D eigenvalue weighted by atomic mass is 10.1. The van der Waals surface area contributed by atoms with Crippen LogP contribution in [0.5, 0.6) is 0 Å². The van der Waals surface area contributed by atoms with E-state index in [0.29, 0.717) is 12.1 Å². The van der Waals surface area contributed by atoms with Gasteiger partial charge in [-0.05, 0) is 17.9 Å². The number of rotatable bonds is 5. The molecule has 0 aliphatic heterocycles. The summed E-state index contributed by atoms with van der Waals surface area (Å²) >= 11 is 1.74. The molecule has 2 nitrogen and oxygen atoms in total. The van der Waals surface area contributed by atoms with Crippen LogP contribution in [0.1, 0.15) is 31.2 Å². The summed E-state index contributed by atoms with van der Waals surface area (Å²) in [5, 5.41) is 14.4. The number of nitrogens with one attached hydrogen (secondary N) is 1. The molecule has 0 saturated carbocycles. The van der Waals surface area contributed by atoms with E-state index in [4.69, 9.17) is 5.11 Å². The van der Waals surface area contributed by atoms with Gasteiger partial charge < -0.3 is 10.4 Å². The standard InChI is InChI=1S/C10H17NOS/c1-8(2)11-9(5-6-12)10-4-3-7-13-10/h3-4,7-9,11-12H,5-6H2,1-2H3/t9-/m1/s1. The zero-order chi connectivity index (χ0) is 9.68. The number of thiophene rings is 1. The highest BCUT2D eigenvalue weighted by molar-refractivity contribution is 7.10. The second-order valence-electron chi connectivity index (χ2n) is 3.40. The largest absolute Gasteiger partial charge is 0.396 e. The minimum atomic E-state index is 0.238. The Bertz CT molecular complexity index is 221. The van der Waals surface area contributed by atoms with Gasteiger partial charge in [0.25, 0.3) is 0 Å². The fourth-order valence-electron chi connectivity index (χ4n) is 1.33. The molecule has 1 rings (SSSR count). The zero-order valence-corrected chi connectivity index (χ0v) is 8.97. The highest BCUT2D eigenvalue weighted by atomic mass is 32.1. The van der Waals surface area contributed by atoms with Crippen LogP contribution in [0.15, 0.2) is 17.5 Å². The van der Waals surface area contributed by atoms with Crippen LogP contribution >= 0.6 is 11.3 Å². The van der Waals surface area contributed by atoms with E-state index in [1.807, 2.05) is 6.07 Å². The van der Waals surface area contributed by atoms with Gasteiger partial charge in [-0.1, -0.05) is 19.9 Å². The van der Waals surface area contributed by atoms with Crippen LogP contribution in [0, 0.1) is 0 Å². The molecule has 0 fully saturated rings. The zero-order valence-electron chi connectivity index (χ0n) is 8.16. The molecule has 1 aromatic heterocycles. The highest BCUT2D eigenvalue weighted by Gasteiger charge is 2.12. The summed E-state index contributed by atoms with van der Waals surface area (Å²) in [5.74, 6) is 0. The van der Waals surface area contributed by atoms with Gasteiger partial charge in [0.15, 0.2) is 0 Å². The number of hydrogen-bond donors (Lipinski definition) is 2. The Morgan fingerprint density at radius 1 is 1.54 bits per heavy atom. The van der Waals surface area contributed by atoms with Crippen molar-refractivity contribution < 1.29 is 5.11 Å². The van der Waals surface area contributed by atoms with Crippen LogP contribution in [0.25, 0.3) is 0 Å². The second kappa shape index (κ2) is 5.37. The van der Waals surface area contributed by atoms with Crippen molar-refractivity contribution >= 4 is 11.3 Å². The van der Waals surface area contributed by atoms with Gasteiger partial charge in [-0.25, -0.2) is 0 Å². The molecule has 0 spiro atoms. The molecule has 0 unspecified atom stereocenters. The number of aliphatic hydroxyl groups is 1. The van der Waals surface area contributed by atoms with E-state index in [1.165, 1.54) is 4.88 Å². The van der Waals surface area contributed by atoms with Gasteiger partial charge in [0.05, 0.1) is 0 Å². The molecular formula is C10H17NOS. The molecule has 13 heavy (non-hydrogen) atoms. The third kappa shape index (κ3) is 3.46. The Morgan fingerprint density at radius 2 is 2.31 bits per heavy atom. The smallest absolute Gasteiger partial charge is 0.0449 e. The van der Waals surface area contributed by atoms with Gasteiger partial charge in [0.1, 0.15) is 0 Å². The summed E-state index contributed by atoms with van der Waals surface area (Å²) in [5.41, 5.74) is 0. The summed E-state index contributed by atoms with van der Waals surface area (Å²) in [7, 11) is 0. The average Bonchev–Trinajstić information content (AvgIpc) is 2.54. The van der Waals surface area contributed by atoms with Crippen LogP contribution in [0.3, 0.4) is 0 Å². The van der Waals surface area contributed by atoms with Crippen molar-refractivity contribution in [2.45, 2.75) is 32.4 Å². The molecule has 0 aliphatic carbocycles. The number of aliphatic hydroxyl groups excluding tert-OH is 1. The molecule has 0 amide bonds. The van der Waals surface area contributed by atoms with E-state index in [0.717, 1.165) is 6.42 Å². The van der Waals surface area contributed by atoms with E-state index in [1.54, 1.807) is 11.3 Å². The molecule has 1 atom stereocenters. The quantitative estimate of drug-likeness (QED) is 0.761. The fraction of sp³-hybridized carbons (Fsp3) is 0.600. The first-order valence-electron chi connectivity index (χ1n) is 4.64. The lowest BCUT2D eigenvalue weighted by molar-refractivity contribution is 0.262. The first-order valence-corrected chi connectivity index (χ1v) is 5.52. The van der Waals surface area contributed by atoms with Crippen molar-refractivity contribution in [1.82, 2.24) is 5.32 Å². The summed E-state index contributed by atoms with van der Waals surface area (Å²) in [6.07, 6.45) is 0.790. The minimum Gasteiger partial charge on any atom is -0.396 e. The molecule has 0 saturated heterocycles. The Hall–Kier alpha value is -0.380. The first-order chi connectivity index (χ1) is 6.24. The van der Waals surface area contributed by atoms with E-state index in [9.17, 15) is 0 Å². The van der Waals surface area contributed by atoms with Crippen molar-refractivity contribution in [2.24, 2.45) is 0 Å². The molecule has 0 radical (unpaired) electrons. The van der Waals surface area contributed by atoms with Crippen LogP contribution in [0.2, 0.25) is 0 Å². The Morgan fingerprint density at radius 3 is 2.77 bits per heavy atom. The molecule has 0 bridgehead atoms. The minimum absolute atomic E-state index is 0.238. The van der Waals surface area contributed by atoms with E-state index in [2.05, 4.69) is 30.6 Å². The molecule has 2 N–H and O–H groups in total. The van der Waals surface area contributed by atoms with Crippen molar-refractivity contribution in [1.29, 1.82) is 0 Å². The summed E-state index contributed by atoms with van der Waals surface area (Å²) in [6, 6.07) is 4.93. The van der Waals surface area contributed by atoms with Gasteiger partial charge in [0, 0.05) is 23.6 Å². The normalized spacial score (nSPS) is 13.5. The third-order valence-electron chi connectivity index (χ3n) is 1.84. The van der Waals surface area contributed by atoms with Gasteiger partial charge in [-0.2, -0.15) is 0 Å². The molecular weight excluding hydrogens is 182 g/mol. The SMILES string of the molecule is CC(C)N[C@H](CCO)c1cccs1. The van der Waals surface area contributed by atoms with Crippen molar-refractivity contribution in [3.8, 4) is 0 Å². The van der Waals surface area contributed by atoms with Crippen LogP contribution in [-0.2, 0) is 0 Å². The molecule has 0 aliphatic rings. The number of hydrogen-bond acceptors (Lipinski definition) is 3. The highest BCUT2D eigenvalue weighted by Crippen LogP contribution is 2.21. The predicted octanol–water partition coefficient (Wildman–Crippen LogP) is 2.17. The first kappa shape index (κ1) is 10.7. The van der Waals surface area contributed by atoms with Crippen molar-refractivity contribution in [3.05, 3.63) is 22.4 Å². The third-order valence-corrected chi connectivity index (χ3v) is 2.82. The van der Waals surface area contributed by atoms with Gasteiger partial charge in [0.2, 0.25) is 0 Å². The molecule has 3 heteroatoms. The van der Waals surface area contributed by atoms with E-state index >= 15 is 0 Å². The van der Waals surface area contributed by atoms with Crippen LogP contribution in [0.4, 0.5) is 0 Å². The maximum Gasteiger partial charge on any atom is 0.0449 e. The van der Waals surface area contributed by atoms with Crippen LogP contribution < -0.4 is 5.32 Å².